The first-order valence-electron chi connectivity index (χ1n) is 5.62. The van der Waals surface area contributed by atoms with Gasteiger partial charge >= 0.3 is 0 Å². The van der Waals surface area contributed by atoms with Crippen LogP contribution in [-0.2, 0) is 4.79 Å². The highest BCUT2D eigenvalue weighted by atomic mass is 19.2. The van der Waals surface area contributed by atoms with Gasteiger partial charge < -0.3 is 9.80 Å². The average molecular weight is 277 g/mol. The molecular formula is C11H11F4N3O. The van der Waals surface area contributed by atoms with Gasteiger partial charge in [0.25, 0.3) is 11.9 Å². The Morgan fingerprint density at radius 3 is 1.89 bits per heavy atom. The molecule has 2 rings (SSSR count). The molecule has 1 fully saturated rings. The molecule has 0 N–H and O–H groups in total. The first-order chi connectivity index (χ1) is 8.91. The van der Waals surface area contributed by atoms with Crippen LogP contribution in [0.4, 0.5) is 23.2 Å². The molecule has 104 valence electrons. The molecule has 4 nitrogen and oxygen atoms in total. The van der Waals surface area contributed by atoms with Gasteiger partial charge in [-0.3, -0.25) is 4.79 Å². The van der Waals surface area contributed by atoms with Gasteiger partial charge in [-0.25, -0.2) is 0 Å². The van der Waals surface area contributed by atoms with E-state index >= 15 is 0 Å². The molecule has 19 heavy (non-hydrogen) atoms. The molecule has 0 atom stereocenters. The quantitative estimate of drug-likeness (QED) is 0.573. The lowest BCUT2D eigenvalue weighted by Gasteiger charge is -2.35. The Labute approximate surface area is 106 Å². The van der Waals surface area contributed by atoms with E-state index in [-0.39, 0.29) is 32.1 Å². The third kappa shape index (κ3) is 2.47. The molecule has 0 spiro atoms. The number of piperazine rings is 1. The maximum absolute atomic E-state index is 13.5. The second kappa shape index (κ2) is 5.02. The number of rotatable bonds is 1. The second-order valence-corrected chi connectivity index (χ2v) is 4.16. The lowest BCUT2D eigenvalue weighted by Crippen LogP contribution is -2.48. The maximum atomic E-state index is 13.5. The van der Waals surface area contributed by atoms with E-state index in [1.165, 1.54) is 11.8 Å². The fraction of sp³-hybridized carbons (Fsp3) is 0.455. The van der Waals surface area contributed by atoms with Crippen molar-refractivity contribution in [3.63, 3.8) is 0 Å². The number of amides is 1. The van der Waals surface area contributed by atoms with Crippen LogP contribution < -0.4 is 4.90 Å². The topological polar surface area (TPSA) is 36.4 Å². The Hall–Kier alpha value is -1.86. The molecule has 1 aromatic rings. The number of hydrogen-bond donors (Lipinski definition) is 0. The van der Waals surface area contributed by atoms with Gasteiger partial charge in [0.1, 0.15) is 5.69 Å². The van der Waals surface area contributed by atoms with Gasteiger partial charge in [-0.1, -0.05) is 0 Å². The minimum atomic E-state index is -1.68. The molecule has 1 aliphatic heterocycles. The monoisotopic (exact) mass is 277 g/mol. The third-order valence-corrected chi connectivity index (χ3v) is 3.02. The Morgan fingerprint density at radius 1 is 1.00 bits per heavy atom. The zero-order valence-corrected chi connectivity index (χ0v) is 10.1. The number of hydrogen-bond acceptors (Lipinski definition) is 3. The molecule has 1 aromatic heterocycles. The molecule has 0 bridgehead atoms. The van der Waals surface area contributed by atoms with Gasteiger partial charge in [-0.2, -0.15) is 22.5 Å². The standard InChI is InChI=1S/C11H11F4N3O/c1-6(19)17-2-4-18(5-3-17)9-7(12)10(14)16-11(15)8(9)13/h2-5H2,1H3. The van der Waals surface area contributed by atoms with E-state index in [2.05, 4.69) is 4.98 Å². The van der Waals surface area contributed by atoms with Crippen LogP contribution in [0.2, 0.25) is 0 Å². The Balaban J connectivity index is 2.27. The van der Waals surface area contributed by atoms with Crippen LogP contribution in [0.1, 0.15) is 6.92 Å². The van der Waals surface area contributed by atoms with E-state index in [0.717, 1.165) is 4.90 Å². The third-order valence-electron chi connectivity index (χ3n) is 3.02. The molecule has 2 heterocycles. The lowest BCUT2D eigenvalue weighted by molar-refractivity contribution is -0.129. The summed E-state index contributed by atoms with van der Waals surface area (Å²) in [6.07, 6.45) is 0. The van der Waals surface area contributed by atoms with Gasteiger partial charge in [-0.15, -0.1) is 0 Å². The molecule has 8 heteroatoms. The molecule has 1 saturated heterocycles. The first-order valence-corrected chi connectivity index (χ1v) is 5.62. The predicted molar refractivity (Wildman–Crippen MR) is 58.5 cm³/mol. The number of nitrogens with zero attached hydrogens (tertiary/aromatic N) is 3. The number of halogens is 4. The molecule has 0 aliphatic carbocycles. The van der Waals surface area contributed by atoms with Gasteiger partial charge in [0.15, 0.2) is 0 Å². The zero-order chi connectivity index (χ0) is 14.2. The van der Waals surface area contributed by atoms with Gasteiger partial charge in [0, 0.05) is 33.1 Å². The summed E-state index contributed by atoms with van der Waals surface area (Å²) >= 11 is 0. The number of carbonyl (C=O) groups excluding carboxylic acids is 1. The summed E-state index contributed by atoms with van der Waals surface area (Å²) in [6.45, 7) is 2.04. The lowest BCUT2D eigenvalue weighted by atomic mass is 10.2. The maximum Gasteiger partial charge on any atom is 0.253 e. The van der Waals surface area contributed by atoms with Crippen LogP contribution >= 0.6 is 0 Å². The summed E-state index contributed by atoms with van der Waals surface area (Å²) in [5.74, 6) is -6.55. The number of anilines is 1. The molecule has 1 aliphatic rings. The van der Waals surface area contributed by atoms with Crippen molar-refractivity contribution >= 4 is 11.6 Å². The summed E-state index contributed by atoms with van der Waals surface area (Å²) in [7, 11) is 0. The fourth-order valence-electron chi connectivity index (χ4n) is 2.00. The van der Waals surface area contributed by atoms with E-state index < -0.39 is 29.2 Å². The second-order valence-electron chi connectivity index (χ2n) is 4.16. The largest absolute Gasteiger partial charge is 0.363 e. The molecule has 0 unspecified atom stereocenters. The highest BCUT2D eigenvalue weighted by molar-refractivity contribution is 5.73. The summed E-state index contributed by atoms with van der Waals surface area (Å²) in [6, 6.07) is 0. The summed E-state index contributed by atoms with van der Waals surface area (Å²) in [5, 5.41) is 0. The Bertz CT molecular complexity index is 489. The zero-order valence-electron chi connectivity index (χ0n) is 10.1. The molecule has 1 amide bonds. The van der Waals surface area contributed by atoms with Gasteiger partial charge in [-0.05, 0) is 0 Å². The highest BCUT2D eigenvalue weighted by Crippen LogP contribution is 2.27. The van der Waals surface area contributed by atoms with Crippen LogP contribution in [0.3, 0.4) is 0 Å². The van der Waals surface area contributed by atoms with Crippen LogP contribution in [0.5, 0.6) is 0 Å². The Kier molecular flexibility index (Phi) is 3.59. The molecular weight excluding hydrogens is 266 g/mol. The van der Waals surface area contributed by atoms with Crippen molar-refractivity contribution in [2.24, 2.45) is 0 Å². The highest BCUT2D eigenvalue weighted by Gasteiger charge is 2.28. The predicted octanol–water partition coefficient (Wildman–Crippen LogP) is 1.31. The van der Waals surface area contributed by atoms with Crippen molar-refractivity contribution in [1.82, 2.24) is 9.88 Å². The number of carbonyl (C=O) groups is 1. The van der Waals surface area contributed by atoms with E-state index in [4.69, 9.17) is 0 Å². The van der Waals surface area contributed by atoms with E-state index in [1.807, 2.05) is 0 Å². The van der Waals surface area contributed by atoms with Crippen molar-refractivity contribution in [2.45, 2.75) is 6.92 Å². The number of pyridine rings is 1. The normalized spacial score (nSPS) is 15.8. The van der Waals surface area contributed by atoms with Crippen molar-refractivity contribution in [2.75, 3.05) is 31.1 Å². The van der Waals surface area contributed by atoms with E-state index in [0.29, 0.717) is 0 Å². The molecule has 0 aromatic carbocycles. The van der Waals surface area contributed by atoms with Crippen molar-refractivity contribution < 1.29 is 22.4 Å². The molecule has 0 radical (unpaired) electrons. The smallest absolute Gasteiger partial charge is 0.253 e. The van der Waals surface area contributed by atoms with E-state index in [9.17, 15) is 22.4 Å². The summed E-state index contributed by atoms with van der Waals surface area (Å²) < 4.78 is 53.0. The van der Waals surface area contributed by atoms with Crippen LogP contribution in [-0.4, -0.2) is 42.0 Å². The van der Waals surface area contributed by atoms with Crippen LogP contribution in [0.15, 0.2) is 0 Å². The van der Waals surface area contributed by atoms with Crippen LogP contribution in [0.25, 0.3) is 0 Å². The fourth-order valence-corrected chi connectivity index (χ4v) is 2.00. The van der Waals surface area contributed by atoms with Crippen molar-refractivity contribution in [3.8, 4) is 0 Å². The van der Waals surface area contributed by atoms with Crippen LogP contribution in [0, 0.1) is 23.5 Å². The minimum Gasteiger partial charge on any atom is -0.363 e. The molecule has 0 saturated carbocycles. The van der Waals surface area contributed by atoms with Gasteiger partial charge in [0.2, 0.25) is 17.5 Å². The summed E-state index contributed by atoms with van der Waals surface area (Å²) in [4.78, 5) is 16.3. The van der Waals surface area contributed by atoms with Gasteiger partial charge in [0.05, 0.1) is 0 Å². The summed E-state index contributed by atoms with van der Waals surface area (Å²) in [5.41, 5.74) is -0.770. The Morgan fingerprint density at radius 2 is 1.47 bits per heavy atom. The SMILES string of the molecule is CC(=O)N1CCN(c2c(F)c(F)nc(F)c2F)CC1. The average Bonchev–Trinajstić information content (AvgIpc) is 2.37. The van der Waals surface area contributed by atoms with Crippen molar-refractivity contribution in [3.05, 3.63) is 23.5 Å². The number of aromatic nitrogens is 1. The first kappa shape index (κ1) is 13.6. The van der Waals surface area contributed by atoms with Crippen molar-refractivity contribution in [1.29, 1.82) is 0 Å². The minimum absolute atomic E-state index is 0.0936. The van der Waals surface area contributed by atoms with E-state index in [1.54, 1.807) is 0 Å².